The molecule has 1 heterocycles. The number of carbonyl (C=O) groups excluding carboxylic acids is 2. The van der Waals surface area contributed by atoms with Gasteiger partial charge in [0.1, 0.15) is 0 Å². The number of carbonyl (C=O) groups is 2. The van der Waals surface area contributed by atoms with Crippen LogP contribution in [0.5, 0.6) is 0 Å². The van der Waals surface area contributed by atoms with Crippen LogP contribution in [0.1, 0.15) is 6.92 Å². The fourth-order valence-corrected chi connectivity index (χ4v) is 4.00. The molecule has 0 aliphatic carbocycles. The molecule has 0 saturated carbocycles. The van der Waals surface area contributed by atoms with Crippen LogP contribution in [0, 0.1) is 3.95 Å². The standard InChI is InChI=1S/C13H13N3O3S3/c1-8(10(17)14-11(18)19-2)21-12-15-16(13(20)22-12)9-6-4-3-5-7-9/h3-8H,1-2H3,(H,14,17,18)/t8-/m1/s1. The van der Waals surface area contributed by atoms with Crippen LogP contribution in [0.4, 0.5) is 4.79 Å². The van der Waals surface area contributed by atoms with Gasteiger partial charge in [-0.3, -0.25) is 10.1 Å². The van der Waals surface area contributed by atoms with E-state index in [-0.39, 0.29) is 0 Å². The van der Waals surface area contributed by atoms with E-state index in [2.05, 4.69) is 15.2 Å². The van der Waals surface area contributed by atoms with Gasteiger partial charge < -0.3 is 4.74 Å². The van der Waals surface area contributed by atoms with Crippen LogP contribution < -0.4 is 5.32 Å². The number of methoxy groups -OCH3 is 1. The van der Waals surface area contributed by atoms with Gasteiger partial charge in [-0.25, -0.2) is 9.48 Å². The molecule has 0 saturated heterocycles. The quantitative estimate of drug-likeness (QED) is 0.671. The van der Waals surface area contributed by atoms with Crippen molar-refractivity contribution in [1.82, 2.24) is 15.1 Å². The second-order valence-electron chi connectivity index (χ2n) is 4.12. The number of nitrogens with zero attached hydrogens (tertiary/aromatic N) is 2. The van der Waals surface area contributed by atoms with Crippen LogP contribution in [0.2, 0.25) is 0 Å². The first-order chi connectivity index (χ1) is 10.5. The Bertz CT molecular complexity index is 727. The van der Waals surface area contributed by atoms with Gasteiger partial charge in [0.05, 0.1) is 18.0 Å². The zero-order chi connectivity index (χ0) is 16.1. The number of hydrogen-bond donors (Lipinski definition) is 1. The number of amides is 2. The molecule has 1 atom stereocenters. The van der Waals surface area contributed by atoms with E-state index >= 15 is 0 Å². The van der Waals surface area contributed by atoms with Gasteiger partial charge in [-0.2, -0.15) is 0 Å². The summed E-state index contributed by atoms with van der Waals surface area (Å²) < 4.78 is 7.28. The van der Waals surface area contributed by atoms with Crippen molar-refractivity contribution in [1.29, 1.82) is 0 Å². The third-order valence-corrected chi connectivity index (χ3v) is 5.00. The van der Waals surface area contributed by atoms with Crippen molar-refractivity contribution in [3.05, 3.63) is 34.3 Å². The lowest BCUT2D eigenvalue weighted by Gasteiger charge is -2.08. The minimum Gasteiger partial charge on any atom is -0.453 e. The first-order valence-electron chi connectivity index (χ1n) is 6.22. The van der Waals surface area contributed by atoms with Crippen molar-refractivity contribution in [2.24, 2.45) is 0 Å². The Hall–Kier alpha value is -1.71. The molecule has 6 nitrogen and oxygen atoms in total. The smallest absolute Gasteiger partial charge is 0.413 e. The predicted molar refractivity (Wildman–Crippen MR) is 88.1 cm³/mol. The first-order valence-corrected chi connectivity index (χ1v) is 8.32. The van der Waals surface area contributed by atoms with Crippen LogP contribution >= 0.6 is 35.3 Å². The van der Waals surface area contributed by atoms with Gasteiger partial charge in [0.25, 0.3) is 0 Å². The number of aromatic nitrogens is 2. The van der Waals surface area contributed by atoms with Crippen molar-refractivity contribution in [2.75, 3.05) is 7.11 Å². The number of para-hydroxylation sites is 1. The molecule has 0 radical (unpaired) electrons. The van der Waals surface area contributed by atoms with E-state index in [0.29, 0.717) is 8.29 Å². The molecule has 2 amide bonds. The van der Waals surface area contributed by atoms with Crippen molar-refractivity contribution in [3.8, 4) is 5.69 Å². The van der Waals surface area contributed by atoms with E-state index in [1.165, 1.54) is 30.2 Å². The van der Waals surface area contributed by atoms with Crippen LogP contribution in [-0.2, 0) is 9.53 Å². The molecule has 1 aromatic heterocycles. The molecule has 116 valence electrons. The molecule has 0 unspecified atom stereocenters. The Balaban J connectivity index is 2.10. The maximum absolute atomic E-state index is 11.8. The third-order valence-electron chi connectivity index (χ3n) is 2.59. The maximum atomic E-state index is 11.8. The molecule has 0 aliphatic rings. The number of imide groups is 1. The van der Waals surface area contributed by atoms with Gasteiger partial charge in [0.15, 0.2) is 8.29 Å². The normalized spacial score (nSPS) is 11.7. The molecule has 1 N–H and O–H groups in total. The van der Waals surface area contributed by atoms with E-state index < -0.39 is 17.3 Å². The van der Waals surface area contributed by atoms with Gasteiger partial charge in [0.2, 0.25) is 5.91 Å². The summed E-state index contributed by atoms with van der Waals surface area (Å²) in [6.07, 6.45) is -0.778. The SMILES string of the molecule is COC(=O)NC(=O)[C@@H](C)Sc1nn(-c2ccccc2)c(=S)s1. The average Bonchev–Trinajstić information content (AvgIpc) is 2.88. The lowest BCUT2D eigenvalue weighted by molar-refractivity contribution is -0.119. The third kappa shape index (κ3) is 4.15. The molecule has 9 heteroatoms. The molecule has 2 aromatic rings. The highest BCUT2D eigenvalue weighted by molar-refractivity contribution is 8.02. The lowest BCUT2D eigenvalue weighted by atomic mass is 10.3. The van der Waals surface area contributed by atoms with Crippen LogP contribution in [0.3, 0.4) is 0 Å². The zero-order valence-corrected chi connectivity index (χ0v) is 14.3. The summed E-state index contributed by atoms with van der Waals surface area (Å²) >= 11 is 7.84. The van der Waals surface area contributed by atoms with Crippen molar-refractivity contribution in [3.63, 3.8) is 0 Å². The van der Waals surface area contributed by atoms with Gasteiger partial charge >= 0.3 is 6.09 Å². The first kappa shape index (κ1) is 16.7. The summed E-state index contributed by atoms with van der Waals surface area (Å²) in [4.78, 5) is 22.8. The summed E-state index contributed by atoms with van der Waals surface area (Å²) in [5, 5.41) is 6.03. The largest absolute Gasteiger partial charge is 0.453 e. The number of benzene rings is 1. The zero-order valence-electron chi connectivity index (χ0n) is 11.8. The van der Waals surface area contributed by atoms with Gasteiger partial charge in [-0.15, -0.1) is 5.10 Å². The van der Waals surface area contributed by atoms with Gasteiger partial charge in [0, 0.05) is 0 Å². The van der Waals surface area contributed by atoms with E-state index in [9.17, 15) is 9.59 Å². The van der Waals surface area contributed by atoms with Crippen LogP contribution in [-0.4, -0.2) is 34.1 Å². The topological polar surface area (TPSA) is 73.2 Å². The van der Waals surface area contributed by atoms with E-state index in [1.807, 2.05) is 30.3 Å². The van der Waals surface area contributed by atoms with Crippen molar-refractivity contribution < 1.29 is 14.3 Å². The number of nitrogens with one attached hydrogen (secondary N) is 1. The molecule has 2 rings (SSSR count). The predicted octanol–water partition coefficient (Wildman–Crippen LogP) is 3.03. The molecule has 22 heavy (non-hydrogen) atoms. The van der Waals surface area contributed by atoms with Crippen LogP contribution in [0.15, 0.2) is 34.7 Å². The lowest BCUT2D eigenvalue weighted by Crippen LogP contribution is -2.35. The van der Waals surface area contributed by atoms with Crippen molar-refractivity contribution >= 4 is 47.3 Å². The number of thioether (sulfide) groups is 1. The molecule has 0 bridgehead atoms. The summed E-state index contributed by atoms with van der Waals surface area (Å²) in [6, 6.07) is 9.51. The monoisotopic (exact) mass is 355 g/mol. The summed E-state index contributed by atoms with van der Waals surface area (Å²) in [5.41, 5.74) is 0.863. The summed E-state index contributed by atoms with van der Waals surface area (Å²) in [7, 11) is 1.20. The maximum Gasteiger partial charge on any atom is 0.413 e. The second-order valence-corrected chi connectivity index (χ2v) is 7.33. The molecule has 1 aromatic carbocycles. The fraction of sp³-hybridized carbons (Fsp3) is 0.231. The van der Waals surface area contributed by atoms with E-state index in [1.54, 1.807) is 11.6 Å². The number of rotatable bonds is 4. The van der Waals surface area contributed by atoms with Crippen molar-refractivity contribution in [2.45, 2.75) is 16.5 Å². The highest BCUT2D eigenvalue weighted by atomic mass is 32.2. The Kier molecular flexibility index (Phi) is 5.69. The Morgan fingerprint density at radius 2 is 2.09 bits per heavy atom. The minimum atomic E-state index is -0.778. The number of hydrogen-bond acceptors (Lipinski definition) is 7. The highest BCUT2D eigenvalue weighted by Gasteiger charge is 2.19. The molecular formula is C13H13N3O3S3. The van der Waals surface area contributed by atoms with Gasteiger partial charge in [-0.05, 0) is 31.3 Å². The molecular weight excluding hydrogens is 342 g/mol. The summed E-state index contributed by atoms with van der Waals surface area (Å²) in [5.74, 6) is -0.441. The minimum absolute atomic E-state index is 0.441. The van der Waals surface area contributed by atoms with Crippen LogP contribution in [0.25, 0.3) is 5.69 Å². The van der Waals surface area contributed by atoms with E-state index in [4.69, 9.17) is 12.2 Å². The Morgan fingerprint density at radius 3 is 2.73 bits per heavy atom. The van der Waals surface area contributed by atoms with Gasteiger partial charge in [-0.1, -0.05) is 41.3 Å². The molecule has 0 spiro atoms. The highest BCUT2D eigenvalue weighted by Crippen LogP contribution is 2.27. The Labute approximate surface area is 140 Å². The average molecular weight is 355 g/mol. The molecule has 0 aliphatic heterocycles. The Morgan fingerprint density at radius 1 is 1.41 bits per heavy atom. The van der Waals surface area contributed by atoms with E-state index in [0.717, 1.165) is 5.69 Å². The number of alkyl carbamates (subject to hydrolysis) is 1. The summed E-state index contributed by atoms with van der Waals surface area (Å²) in [6.45, 7) is 1.68. The second kappa shape index (κ2) is 7.52. The fourth-order valence-electron chi connectivity index (χ4n) is 1.50. The molecule has 0 fully saturated rings. The number of ether oxygens (including phenoxy) is 1.